The molecule has 2 N–H and O–H groups in total. The molecule has 3 rings (SSSR count). The third kappa shape index (κ3) is 6.22. The van der Waals surface area contributed by atoms with E-state index in [0.29, 0.717) is 30.4 Å². The summed E-state index contributed by atoms with van der Waals surface area (Å²) in [5.41, 5.74) is 1.77. The van der Waals surface area contributed by atoms with Gasteiger partial charge in [-0.15, -0.1) is 0 Å². The molecule has 0 bridgehead atoms. The molecule has 2 aliphatic rings. The molecule has 2 heterocycles. The highest BCUT2D eigenvalue weighted by atomic mass is 16.6. The molecule has 0 saturated carbocycles. The Balaban J connectivity index is 1.46. The van der Waals surface area contributed by atoms with Crippen molar-refractivity contribution in [3.05, 3.63) is 29.3 Å². The zero-order chi connectivity index (χ0) is 23.3. The fourth-order valence-electron chi connectivity index (χ4n) is 4.36. The van der Waals surface area contributed by atoms with Gasteiger partial charge in [0, 0.05) is 69.7 Å². The molecule has 32 heavy (non-hydrogen) atoms. The van der Waals surface area contributed by atoms with Gasteiger partial charge in [-0.25, -0.2) is 4.79 Å². The maximum Gasteiger partial charge on any atom is 0.410 e. The van der Waals surface area contributed by atoms with Crippen LogP contribution in [0, 0.1) is 11.3 Å². The Morgan fingerprint density at radius 2 is 1.78 bits per heavy atom. The van der Waals surface area contributed by atoms with Crippen LogP contribution in [0.4, 0.5) is 10.5 Å². The highest BCUT2D eigenvalue weighted by Gasteiger charge is 2.28. The highest BCUT2D eigenvalue weighted by molar-refractivity contribution is 6.02. The van der Waals surface area contributed by atoms with Gasteiger partial charge in [0.05, 0.1) is 0 Å². The van der Waals surface area contributed by atoms with Crippen molar-refractivity contribution in [2.75, 3.05) is 58.2 Å². The van der Waals surface area contributed by atoms with Gasteiger partial charge in [-0.05, 0) is 57.7 Å². The van der Waals surface area contributed by atoms with Gasteiger partial charge in [0.25, 0.3) is 0 Å². The lowest BCUT2D eigenvalue weighted by atomic mass is 9.95. The van der Waals surface area contributed by atoms with Crippen molar-refractivity contribution < 1.29 is 14.3 Å². The number of nitrogens with one attached hydrogen (secondary N) is 2. The van der Waals surface area contributed by atoms with Gasteiger partial charge in [0.1, 0.15) is 17.7 Å². The van der Waals surface area contributed by atoms with E-state index in [1.165, 1.54) is 0 Å². The number of amidine groups is 1. The lowest BCUT2D eigenvalue weighted by Crippen LogP contribution is -2.51. The largest absolute Gasteiger partial charge is 0.444 e. The van der Waals surface area contributed by atoms with Crippen LogP contribution >= 0.6 is 0 Å². The van der Waals surface area contributed by atoms with Crippen molar-refractivity contribution in [3.63, 3.8) is 0 Å². The third-order valence-corrected chi connectivity index (χ3v) is 6.18. The number of carbonyl (C=O) groups excluding carboxylic acids is 2. The fourth-order valence-corrected chi connectivity index (χ4v) is 4.36. The number of piperazine rings is 1. The number of hydrogen-bond donors (Lipinski definition) is 2. The fraction of sp³-hybridized carbons (Fsp3) is 0.625. The number of ether oxygens (including phenoxy) is 1. The van der Waals surface area contributed by atoms with E-state index in [9.17, 15) is 9.59 Å². The van der Waals surface area contributed by atoms with E-state index >= 15 is 0 Å². The zero-order valence-corrected chi connectivity index (χ0v) is 19.8. The molecular formula is C24H37N5O3. The summed E-state index contributed by atoms with van der Waals surface area (Å²) < 4.78 is 5.48. The number of hydrogen-bond acceptors (Lipinski definition) is 6. The Morgan fingerprint density at radius 3 is 2.34 bits per heavy atom. The van der Waals surface area contributed by atoms with Crippen LogP contribution in [-0.2, 0) is 4.74 Å². The van der Waals surface area contributed by atoms with Crippen molar-refractivity contribution in [1.29, 1.82) is 5.41 Å². The zero-order valence-electron chi connectivity index (χ0n) is 19.8. The quantitative estimate of drug-likeness (QED) is 0.413. The average Bonchev–Trinajstić information content (AvgIpc) is 2.78. The van der Waals surface area contributed by atoms with Gasteiger partial charge in [-0.2, -0.15) is 0 Å². The van der Waals surface area contributed by atoms with Gasteiger partial charge < -0.3 is 19.9 Å². The van der Waals surface area contributed by atoms with E-state index in [4.69, 9.17) is 10.1 Å². The minimum atomic E-state index is -0.460. The summed E-state index contributed by atoms with van der Waals surface area (Å²) in [5.74, 6) is 1.07. The Bertz CT molecular complexity index is 819. The predicted molar refractivity (Wildman–Crippen MR) is 127 cm³/mol. The van der Waals surface area contributed by atoms with Gasteiger partial charge >= 0.3 is 6.09 Å². The van der Waals surface area contributed by atoms with Crippen molar-refractivity contribution in [1.82, 2.24) is 14.7 Å². The third-order valence-electron chi connectivity index (χ3n) is 6.18. The molecule has 0 atom stereocenters. The molecule has 0 radical (unpaired) electrons. The molecule has 0 aromatic heterocycles. The summed E-state index contributed by atoms with van der Waals surface area (Å²) in [6, 6.07) is 5.42. The number of aldehydes is 1. The molecule has 176 valence electrons. The second-order valence-corrected chi connectivity index (χ2v) is 9.72. The van der Waals surface area contributed by atoms with Crippen LogP contribution in [0.5, 0.6) is 0 Å². The molecule has 0 aliphatic carbocycles. The second kappa shape index (κ2) is 10.3. The van der Waals surface area contributed by atoms with Crippen LogP contribution in [0.15, 0.2) is 18.2 Å². The number of likely N-dealkylation sites (tertiary alicyclic amines) is 1. The number of rotatable bonds is 5. The van der Waals surface area contributed by atoms with E-state index in [1.54, 1.807) is 17.0 Å². The normalized spacial score (nSPS) is 18.4. The molecule has 0 spiro atoms. The van der Waals surface area contributed by atoms with Crippen LogP contribution in [0.1, 0.15) is 49.5 Å². The number of carbonyl (C=O) groups is 2. The number of amides is 1. The van der Waals surface area contributed by atoms with Gasteiger partial charge in [-0.3, -0.25) is 15.1 Å². The smallest absolute Gasteiger partial charge is 0.410 e. The molecule has 1 aromatic carbocycles. The first-order valence-corrected chi connectivity index (χ1v) is 11.5. The summed E-state index contributed by atoms with van der Waals surface area (Å²) in [6.45, 7) is 11.6. The van der Waals surface area contributed by atoms with E-state index in [0.717, 1.165) is 63.1 Å². The summed E-state index contributed by atoms with van der Waals surface area (Å²) in [7, 11) is 1.83. The maximum atomic E-state index is 12.2. The van der Waals surface area contributed by atoms with E-state index < -0.39 is 5.60 Å². The molecule has 1 amide bonds. The summed E-state index contributed by atoms with van der Waals surface area (Å²) in [6.07, 6.45) is 2.68. The minimum Gasteiger partial charge on any atom is -0.444 e. The van der Waals surface area contributed by atoms with Crippen molar-refractivity contribution in [3.8, 4) is 0 Å². The Labute approximate surface area is 191 Å². The maximum absolute atomic E-state index is 12.2. The lowest BCUT2D eigenvalue weighted by Gasteiger charge is -2.39. The molecule has 2 aliphatic heterocycles. The summed E-state index contributed by atoms with van der Waals surface area (Å²) in [4.78, 5) is 29.8. The Hall–Kier alpha value is -2.61. The Kier molecular flexibility index (Phi) is 7.77. The molecule has 8 nitrogen and oxygen atoms in total. The first-order chi connectivity index (χ1) is 15.2. The van der Waals surface area contributed by atoms with E-state index in [1.807, 2.05) is 33.9 Å². The SMILES string of the molecule is CNc1ccc(C=O)cc1C(=N)N1CCC(CN2CCN(C(=O)OC(C)(C)C)CC2)CC1. The molecule has 2 fully saturated rings. The standard InChI is InChI=1S/C24H37N5O3/c1-24(2,3)32-23(31)29-13-11-27(12-14-29)16-18-7-9-28(10-8-18)22(25)20-15-19(17-30)5-6-21(20)26-4/h5-6,15,17-18,25-26H,7-14,16H2,1-4H3. The average molecular weight is 444 g/mol. The second-order valence-electron chi connectivity index (χ2n) is 9.72. The Morgan fingerprint density at radius 1 is 1.12 bits per heavy atom. The number of nitrogens with zero attached hydrogens (tertiary/aromatic N) is 3. The van der Waals surface area contributed by atoms with Gasteiger partial charge in [0.15, 0.2) is 0 Å². The lowest BCUT2D eigenvalue weighted by molar-refractivity contribution is 0.0126. The van der Waals surface area contributed by atoms with Crippen LogP contribution in [0.3, 0.4) is 0 Å². The number of piperidine rings is 1. The van der Waals surface area contributed by atoms with E-state index in [2.05, 4.69) is 15.1 Å². The van der Waals surface area contributed by atoms with Crippen molar-refractivity contribution in [2.45, 2.75) is 39.2 Å². The topological polar surface area (TPSA) is 89.0 Å². The highest BCUT2D eigenvalue weighted by Crippen LogP contribution is 2.24. The molecule has 8 heteroatoms. The first kappa shape index (κ1) is 24.0. The monoisotopic (exact) mass is 443 g/mol. The number of anilines is 1. The molecular weight excluding hydrogens is 406 g/mol. The van der Waals surface area contributed by atoms with Crippen LogP contribution in [0.2, 0.25) is 0 Å². The van der Waals surface area contributed by atoms with Crippen LogP contribution in [0.25, 0.3) is 0 Å². The van der Waals surface area contributed by atoms with Gasteiger partial charge in [0.2, 0.25) is 0 Å². The number of benzene rings is 1. The molecule has 0 unspecified atom stereocenters. The van der Waals surface area contributed by atoms with Crippen molar-refractivity contribution in [2.24, 2.45) is 5.92 Å². The minimum absolute atomic E-state index is 0.219. The summed E-state index contributed by atoms with van der Waals surface area (Å²) in [5, 5.41) is 11.8. The van der Waals surface area contributed by atoms with Gasteiger partial charge in [-0.1, -0.05) is 0 Å². The van der Waals surface area contributed by atoms with E-state index in [-0.39, 0.29) is 6.09 Å². The molecule has 2 saturated heterocycles. The first-order valence-electron chi connectivity index (χ1n) is 11.5. The van der Waals surface area contributed by atoms with Crippen molar-refractivity contribution >= 4 is 23.9 Å². The molecule has 1 aromatic rings. The summed E-state index contributed by atoms with van der Waals surface area (Å²) >= 11 is 0. The van der Waals surface area contributed by atoms with Crippen LogP contribution in [-0.4, -0.2) is 91.4 Å². The predicted octanol–water partition coefficient (Wildman–Crippen LogP) is 3.13. The van der Waals surface area contributed by atoms with Crippen LogP contribution < -0.4 is 5.32 Å².